The maximum Gasteiger partial charge on any atom is 0.267 e. The summed E-state index contributed by atoms with van der Waals surface area (Å²) >= 11 is 3.35. The fourth-order valence-corrected chi connectivity index (χ4v) is 3.06. The molecule has 1 unspecified atom stereocenters. The van der Waals surface area contributed by atoms with Crippen molar-refractivity contribution in [1.29, 1.82) is 5.26 Å². The van der Waals surface area contributed by atoms with E-state index in [2.05, 4.69) is 34.2 Å². The van der Waals surface area contributed by atoms with Gasteiger partial charge < -0.3 is 10.2 Å². The van der Waals surface area contributed by atoms with Gasteiger partial charge in [0.2, 0.25) is 0 Å². The Balaban J connectivity index is 1.83. The van der Waals surface area contributed by atoms with Gasteiger partial charge in [-0.05, 0) is 49.2 Å². The lowest BCUT2D eigenvalue weighted by atomic mass is 10.1. The van der Waals surface area contributed by atoms with E-state index in [1.54, 1.807) is 18.3 Å². The van der Waals surface area contributed by atoms with Gasteiger partial charge in [-0.1, -0.05) is 34.1 Å². The van der Waals surface area contributed by atoms with Crippen molar-refractivity contribution in [1.82, 2.24) is 0 Å². The second kappa shape index (κ2) is 6.90. The number of hydrogen-bond acceptors (Lipinski definition) is 3. The topological polar surface area (TPSA) is 56.1 Å². The van der Waals surface area contributed by atoms with E-state index in [0.29, 0.717) is 5.69 Å². The van der Waals surface area contributed by atoms with Crippen LogP contribution in [0, 0.1) is 11.3 Å². The Hall–Kier alpha value is -2.58. The minimum atomic E-state index is -0.406. The predicted octanol–water partition coefficient (Wildman–Crippen LogP) is 4.25. The molecule has 1 heterocycles. The van der Waals surface area contributed by atoms with Gasteiger partial charge in [-0.15, -0.1) is 0 Å². The van der Waals surface area contributed by atoms with Crippen LogP contribution in [-0.4, -0.2) is 11.9 Å². The van der Waals surface area contributed by atoms with Crippen molar-refractivity contribution in [3.05, 3.63) is 70.3 Å². The first-order chi connectivity index (χ1) is 11.6. The highest BCUT2D eigenvalue weighted by atomic mass is 79.9. The Kier molecular flexibility index (Phi) is 4.68. The molecule has 120 valence electrons. The molecule has 3 rings (SSSR count). The summed E-state index contributed by atoms with van der Waals surface area (Å²) in [5, 5.41) is 12.2. The van der Waals surface area contributed by atoms with E-state index < -0.39 is 5.91 Å². The number of anilines is 2. The van der Waals surface area contributed by atoms with Crippen LogP contribution < -0.4 is 10.2 Å². The van der Waals surface area contributed by atoms with Gasteiger partial charge in [-0.25, -0.2) is 0 Å². The summed E-state index contributed by atoms with van der Waals surface area (Å²) in [5.41, 5.74) is 3.02. The fraction of sp³-hybridized carbons (Fsp3) is 0.158. The van der Waals surface area contributed by atoms with Crippen molar-refractivity contribution in [3.8, 4) is 6.07 Å². The van der Waals surface area contributed by atoms with Crippen LogP contribution in [0.15, 0.2) is 64.8 Å². The maximum absolute atomic E-state index is 12.4. The molecule has 4 nitrogen and oxygen atoms in total. The van der Waals surface area contributed by atoms with Crippen molar-refractivity contribution in [3.63, 3.8) is 0 Å². The molecular formula is C19H16BrN3O. The number of hydrogen-bond donors (Lipinski definition) is 1. The minimum absolute atomic E-state index is 0.0847. The lowest BCUT2D eigenvalue weighted by molar-refractivity contribution is -0.112. The van der Waals surface area contributed by atoms with Crippen molar-refractivity contribution in [2.24, 2.45) is 0 Å². The molecule has 1 aliphatic heterocycles. The van der Waals surface area contributed by atoms with Gasteiger partial charge in [0.25, 0.3) is 5.91 Å². The van der Waals surface area contributed by atoms with E-state index in [1.807, 2.05) is 41.3 Å². The number of rotatable bonds is 3. The molecule has 24 heavy (non-hydrogen) atoms. The van der Waals surface area contributed by atoms with E-state index in [4.69, 9.17) is 0 Å². The van der Waals surface area contributed by atoms with E-state index in [9.17, 15) is 10.1 Å². The Labute approximate surface area is 149 Å². The molecule has 1 atom stereocenters. The first-order valence-corrected chi connectivity index (χ1v) is 8.43. The monoisotopic (exact) mass is 381 g/mol. The van der Waals surface area contributed by atoms with Gasteiger partial charge in [0, 0.05) is 28.1 Å². The van der Waals surface area contributed by atoms with Crippen LogP contribution in [0.4, 0.5) is 11.4 Å². The SMILES string of the molecule is CC1Cc2ccccc2N1/C=C(/C#N)C(=O)Nc1ccc(Br)cc1. The molecule has 2 aromatic rings. The molecule has 0 fully saturated rings. The van der Waals surface area contributed by atoms with Gasteiger partial charge in [0.05, 0.1) is 0 Å². The van der Waals surface area contributed by atoms with Crippen molar-refractivity contribution in [2.45, 2.75) is 19.4 Å². The normalized spacial score (nSPS) is 16.5. The lowest BCUT2D eigenvalue weighted by Gasteiger charge is -2.20. The number of nitrogens with zero attached hydrogens (tertiary/aromatic N) is 2. The summed E-state index contributed by atoms with van der Waals surface area (Å²) in [4.78, 5) is 14.4. The molecule has 2 aromatic carbocycles. The highest BCUT2D eigenvalue weighted by molar-refractivity contribution is 9.10. The number of carbonyl (C=O) groups excluding carboxylic acids is 1. The Morgan fingerprint density at radius 1 is 1.29 bits per heavy atom. The van der Waals surface area contributed by atoms with Crippen molar-refractivity contribution < 1.29 is 4.79 Å². The zero-order chi connectivity index (χ0) is 17.1. The van der Waals surface area contributed by atoms with Crippen molar-refractivity contribution >= 4 is 33.2 Å². The second-order valence-corrected chi connectivity index (χ2v) is 6.62. The third-order valence-corrected chi connectivity index (χ3v) is 4.52. The predicted molar refractivity (Wildman–Crippen MR) is 98.6 cm³/mol. The Morgan fingerprint density at radius 3 is 2.71 bits per heavy atom. The van der Waals surface area contributed by atoms with Crippen LogP contribution >= 0.6 is 15.9 Å². The number of para-hydroxylation sites is 1. The largest absolute Gasteiger partial charge is 0.343 e. The molecule has 0 bridgehead atoms. The van der Waals surface area contributed by atoms with Crippen LogP contribution in [0.3, 0.4) is 0 Å². The van der Waals surface area contributed by atoms with Crippen LogP contribution in [0.2, 0.25) is 0 Å². The van der Waals surface area contributed by atoms with Crippen molar-refractivity contribution in [2.75, 3.05) is 10.2 Å². The molecule has 5 heteroatoms. The number of amides is 1. The third-order valence-electron chi connectivity index (χ3n) is 4.00. The van der Waals surface area contributed by atoms with E-state index >= 15 is 0 Å². The fourth-order valence-electron chi connectivity index (χ4n) is 2.80. The lowest BCUT2D eigenvalue weighted by Crippen LogP contribution is -2.25. The first kappa shape index (κ1) is 16.3. The van der Waals surface area contributed by atoms with Crippen LogP contribution in [0.5, 0.6) is 0 Å². The molecule has 0 aromatic heterocycles. The molecule has 0 saturated carbocycles. The number of carbonyl (C=O) groups is 1. The number of fused-ring (bicyclic) bond motifs is 1. The average molecular weight is 382 g/mol. The number of benzene rings is 2. The quantitative estimate of drug-likeness (QED) is 0.638. The number of nitrogens with one attached hydrogen (secondary N) is 1. The van der Waals surface area contributed by atoms with Gasteiger partial charge in [-0.2, -0.15) is 5.26 Å². The zero-order valence-electron chi connectivity index (χ0n) is 13.2. The van der Waals surface area contributed by atoms with Crippen LogP contribution in [0.1, 0.15) is 12.5 Å². The molecule has 0 radical (unpaired) electrons. The molecule has 0 spiro atoms. The van der Waals surface area contributed by atoms with E-state index in [0.717, 1.165) is 16.6 Å². The van der Waals surface area contributed by atoms with E-state index in [1.165, 1.54) is 5.56 Å². The van der Waals surface area contributed by atoms with Crippen LogP contribution in [0.25, 0.3) is 0 Å². The molecular weight excluding hydrogens is 366 g/mol. The van der Waals surface area contributed by atoms with Gasteiger partial charge in [-0.3, -0.25) is 4.79 Å². The summed E-state index contributed by atoms with van der Waals surface area (Å²) < 4.78 is 0.930. The highest BCUT2D eigenvalue weighted by Crippen LogP contribution is 2.32. The van der Waals surface area contributed by atoms with Gasteiger partial charge >= 0.3 is 0 Å². The van der Waals surface area contributed by atoms with Crippen LogP contribution in [-0.2, 0) is 11.2 Å². The highest BCUT2D eigenvalue weighted by Gasteiger charge is 2.25. The van der Waals surface area contributed by atoms with Gasteiger partial charge in [0.1, 0.15) is 11.6 Å². The smallest absolute Gasteiger partial charge is 0.267 e. The Bertz CT molecular complexity index is 836. The summed E-state index contributed by atoms with van der Waals surface area (Å²) in [6, 6.07) is 17.5. The summed E-state index contributed by atoms with van der Waals surface area (Å²) in [6.07, 6.45) is 2.55. The Morgan fingerprint density at radius 2 is 2.00 bits per heavy atom. The number of nitriles is 1. The summed E-state index contributed by atoms with van der Waals surface area (Å²) in [6.45, 7) is 2.08. The van der Waals surface area contributed by atoms with Gasteiger partial charge in [0.15, 0.2) is 0 Å². The van der Waals surface area contributed by atoms with E-state index in [-0.39, 0.29) is 11.6 Å². The standard InChI is InChI=1S/C19H16BrN3O/c1-13-10-14-4-2-3-5-18(14)23(13)12-15(11-21)19(24)22-17-8-6-16(20)7-9-17/h2-9,12-13H,10H2,1H3,(H,22,24)/b15-12-. The molecule has 0 saturated heterocycles. The minimum Gasteiger partial charge on any atom is -0.343 e. The third kappa shape index (κ3) is 3.34. The zero-order valence-corrected chi connectivity index (χ0v) is 14.7. The first-order valence-electron chi connectivity index (χ1n) is 7.63. The molecule has 0 aliphatic carbocycles. The molecule has 1 aliphatic rings. The summed E-state index contributed by atoms with van der Waals surface area (Å²) in [5.74, 6) is -0.406. The second-order valence-electron chi connectivity index (χ2n) is 5.70. The molecule has 1 amide bonds. The maximum atomic E-state index is 12.4. The summed E-state index contributed by atoms with van der Waals surface area (Å²) in [7, 11) is 0. The molecule has 1 N–H and O–H groups in total. The number of halogens is 1. The average Bonchev–Trinajstić information content (AvgIpc) is 2.90.